The Bertz CT molecular complexity index is 977. The van der Waals surface area contributed by atoms with Crippen molar-refractivity contribution in [1.29, 1.82) is 0 Å². The van der Waals surface area contributed by atoms with Crippen molar-refractivity contribution in [3.63, 3.8) is 0 Å². The van der Waals surface area contributed by atoms with Gasteiger partial charge in [0, 0.05) is 37.1 Å². The summed E-state index contributed by atoms with van der Waals surface area (Å²) in [6.45, 7) is 0. The van der Waals surface area contributed by atoms with E-state index in [1.807, 2.05) is 37.4 Å². The number of fused-ring (bicyclic) bond motifs is 1. The van der Waals surface area contributed by atoms with Crippen LogP contribution in [-0.2, 0) is 4.79 Å². The summed E-state index contributed by atoms with van der Waals surface area (Å²) < 4.78 is 1.59. The number of hydrogen-bond acceptors (Lipinski definition) is 4. The van der Waals surface area contributed by atoms with E-state index in [4.69, 9.17) is 0 Å². The fourth-order valence-electron chi connectivity index (χ4n) is 3.79. The smallest absolute Gasteiger partial charge is 0.256 e. The molecule has 7 heteroatoms. The summed E-state index contributed by atoms with van der Waals surface area (Å²) in [4.78, 5) is 31.4. The quantitative estimate of drug-likeness (QED) is 0.758. The summed E-state index contributed by atoms with van der Waals surface area (Å²) in [6.07, 6.45) is 8.07. The number of rotatable bonds is 4. The zero-order chi connectivity index (χ0) is 19.5. The highest BCUT2D eigenvalue weighted by molar-refractivity contribution is 5.99. The van der Waals surface area contributed by atoms with Crippen molar-refractivity contribution in [3.05, 3.63) is 60.6 Å². The molecule has 1 aromatic carbocycles. The van der Waals surface area contributed by atoms with E-state index >= 15 is 0 Å². The Morgan fingerprint density at radius 2 is 1.86 bits per heavy atom. The molecule has 1 aliphatic carbocycles. The van der Waals surface area contributed by atoms with Gasteiger partial charge in [0.05, 0.1) is 6.20 Å². The van der Waals surface area contributed by atoms with Crippen LogP contribution in [0.15, 0.2) is 55.0 Å². The fourth-order valence-corrected chi connectivity index (χ4v) is 3.79. The third-order valence-corrected chi connectivity index (χ3v) is 5.41. The van der Waals surface area contributed by atoms with E-state index in [-0.39, 0.29) is 23.8 Å². The Morgan fingerprint density at radius 3 is 2.61 bits per heavy atom. The molecule has 1 aliphatic rings. The average molecular weight is 377 g/mol. The largest absolute Gasteiger partial charge is 0.349 e. The third kappa shape index (κ3) is 3.60. The molecular formula is C21H23N5O2. The highest BCUT2D eigenvalue weighted by Gasteiger charge is 2.30. The van der Waals surface area contributed by atoms with Gasteiger partial charge in [-0.05, 0) is 43.9 Å². The van der Waals surface area contributed by atoms with Gasteiger partial charge < -0.3 is 10.2 Å². The highest BCUT2D eigenvalue weighted by atomic mass is 16.2. The molecule has 0 atom stereocenters. The Morgan fingerprint density at radius 1 is 1.11 bits per heavy atom. The number of nitrogens with one attached hydrogen (secondary N) is 1. The second kappa shape index (κ2) is 7.80. The molecule has 0 radical (unpaired) electrons. The van der Waals surface area contributed by atoms with Crippen LogP contribution in [0.4, 0.5) is 5.69 Å². The first-order chi connectivity index (χ1) is 13.6. The zero-order valence-corrected chi connectivity index (χ0v) is 15.8. The average Bonchev–Trinajstić information content (AvgIpc) is 3.18. The van der Waals surface area contributed by atoms with Crippen LogP contribution < -0.4 is 10.2 Å². The van der Waals surface area contributed by atoms with E-state index in [0.29, 0.717) is 11.2 Å². The lowest BCUT2D eigenvalue weighted by Gasteiger charge is -2.31. The second-order valence-electron chi connectivity index (χ2n) is 7.20. The van der Waals surface area contributed by atoms with E-state index < -0.39 is 0 Å². The maximum absolute atomic E-state index is 12.8. The first kappa shape index (κ1) is 18.2. The predicted octanol–water partition coefficient (Wildman–Crippen LogP) is 2.68. The zero-order valence-electron chi connectivity index (χ0n) is 15.8. The van der Waals surface area contributed by atoms with Crippen LogP contribution in [0.2, 0.25) is 0 Å². The first-order valence-corrected chi connectivity index (χ1v) is 9.55. The highest BCUT2D eigenvalue weighted by Crippen LogP contribution is 2.27. The molecule has 0 spiro atoms. The van der Waals surface area contributed by atoms with E-state index in [0.717, 1.165) is 31.4 Å². The van der Waals surface area contributed by atoms with Gasteiger partial charge in [-0.3, -0.25) is 9.59 Å². The molecule has 7 nitrogen and oxygen atoms in total. The van der Waals surface area contributed by atoms with Crippen LogP contribution in [0.3, 0.4) is 0 Å². The number of benzene rings is 1. The predicted molar refractivity (Wildman–Crippen MR) is 106 cm³/mol. The third-order valence-electron chi connectivity index (χ3n) is 5.41. The lowest BCUT2D eigenvalue weighted by Crippen LogP contribution is -2.41. The summed E-state index contributed by atoms with van der Waals surface area (Å²) >= 11 is 0. The van der Waals surface area contributed by atoms with Crippen molar-refractivity contribution in [2.45, 2.75) is 31.7 Å². The van der Waals surface area contributed by atoms with Crippen molar-refractivity contribution in [2.75, 3.05) is 11.9 Å². The molecule has 0 unspecified atom stereocenters. The maximum Gasteiger partial charge on any atom is 0.256 e. The second-order valence-corrected chi connectivity index (χ2v) is 7.20. The van der Waals surface area contributed by atoms with Crippen molar-refractivity contribution >= 4 is 23.1 Å². The summed E-state index contributed by atoms with van der Waals surface area (Å²) in [5.74, 6) is -0.0234. The van der Waals surface area contributed by atoms with Crippen LogP contribution in [0.25, 0.3) is 5.65 Å². The van der Waals surface area contributed by atoms with Gasteiger partial charge in [0.15, 0.2) is 5.65 Å². The van der Waals surface area contributed by atoms with E-state index in [9.17, 15) is 9.59 Å². The van der Waals surface area contributed by atoms with Crippen LogP contribution >= 0.6 is 0 Å². The minimum atomic E-state index is -0.162. The van der Waals surface area contributed by atoms with Crippen molar-refractivity contribution in [2.24, 2.45) is 5.92 Å². The van der Waals surface area contributed by atoms with Gasteiger partial charge in [0.2, 0.25) is 5.91 Å². The number of aromatic nitrogens is 3. The molecule has 0 bridgehead atoms. The van der Waals surface area contributed by atoms with Gasteiger partial charge in [-0.1, -0.05) is 18.2 Å². The van der Waals surface area contributed by atoms with Crippen molar-refractivity contribution in [3.8, 4) is 0 Å². The molecule has 3 aromatic rings. The Labute approximate surface area is 163 Å². The Balaban J connectivity index is 1.34. The molecule has 1 fully saturated rings. The molecular weight excluding hydrogens is 354 g/mol. The molecule has 2 amide bonds. The minimum absolute atomic E-state index is 0.00278. The number of nitrogens with zero attached hydrogens (tertiary/aromatic N) is 4. The van der Waals surface area contributed by atoms with Crippen LogP contribution in [0.1, 0.15) is 36.0 Å². The number of anilines is 1. The van der Waals surface area contributed by atoms with Crippen LogP contribution in [-0.4, -0.2) is 39.5 Å². The first-order valence-electron chi connectivity index (χ1n) is 9.55. The van der Waals surface area contributed by atoms with Gasteiger partial charge >= 0.3 is 0 Å². The number of para-hydroxylation sites is 1. The monoisotopic (exact) mass is 377 g/mol. The molecule has 144 valence electrons. The number of amides is 2. The Kier molecular flexibility index (Phi) is 5.06. The van der Waals surface area contributed by atoms with Gasteiger partial charge in [-0.2, -0.15) is 5.10 Å². The van der Waals surface area contributed by atoms with Crippen molar-refractivity contribution in [1.82, 2.24) is 19.9 Å². The molecule has 1 N–H and O–H groups in total. The minimum Gasteiger partial charge on any atom is -0.349 e. The standard InChI is InChI=1S/C21H23N5O2/c1-25(17-6-3-2-4-7-17)21(28)15-8-10-16(11-9-15)24-20(27)18-14-23-26-13-5-12-22-19(18)26/h2-7,12-16H,8-11H2,1H3,(H,24,27). The number of hydrogen-bond donors (Lipinski definition) is 1. The van der Waals surface area contributed by atoms with Crippen LogP contribution in [0.5, 0.6) is 0 Å². The summed E-state index contributed by atoms with van der Waals surface area (Å²) in [7, 11) is 1.82. The van der Waals surface area contributed by atoms with Gasteiger partial charge in [0.1, 0.15) is 5.56 Å². The van der Waals surface area contributed by atoms with Gasteiger partial charge in [-0.15, -0.1) is 0 Å². The SMILES string of the molecule is CN(C(=O)C1CCC(NC(=O)c2cnn3cccnc23)CC1)c1ccccc1. The van der Waals surface area contributed by atoms with Gasteiger partial charge in [0.25, 0.3) is 5.91 Å². The summed E-state index contributed by atoms with van der Waals surface area (Å²) in [5.41, 5.74) is 1.93. The molecule has 2 heterocycles. The molecule has 28 heavy (non-hydrogen) atoms. The normalized spacial score (nSPS) is 19.3. The van der Waals surface area contributed by atoms with Crippen molar-refractivity contribution < 1.29 is 9.59 Å². The summed E-state index contributed by atoms with van der Waals surface area (Å²) in [6, 6.07) is 11.5. The molecule has 0 aliphatic heterocycles. The lowest BCUT2D eigenvalue weighted by molar-refractivity contribution is -0.123. The molecule has 1 saturated carbocycles. The Hall–Kier alpha value is -3.22. The molecule has 0 saturated heterocycles. The van der Waals surface area contributed by atoms with Gasteiger partial charge in [-0.25, -0.2) is 9.50 Å². The van der Waals surface area contributed by atoms with E-state index in [1.165, 1.54) is 0 Å². The molecule has 4 rings (SSSR count). The number of carbonyl (C=O) groups is 2. The fraction of sp³-hybridized carbons (Fsp3) is 0.333. The summed E-state index contributed by atoms with van der Waals surface area (Å²) in [5, 5.41) is 7.24. The maximum atomic E-state index is 12.8. The van der Waals surface area contributed by atoms with E-state index in [2.05, 4.69) is 15.4 Å². The van der Waals surface area contributed by atoms with E-state index in [1.54, 1.807) is 34.1 Å². The molecule has 2 aromatic heterocycles. The van der Waals surface area contributed by atoms with Crippen LogP contribution in [0, 0.1) is 5.92 Å². The topological polar surface area (TPSA) is 79.6 Å². The lowest BCUT2D eigenvalue weighted by atomic mass is 9.85. The number of carbonyl (C=O) groups excluding carboxylic acids is 2.